The molecule has 0 aliphatic carbocycles. The number of hydrogen-bond acceptors (Lipinski definition) is 7. The van der Waals surface area contributed by atoms with Gasteiger partial charge in [-0.1, -0.05) is 24.3 Å². The van der Waals surface area contributed by atoms with Crippen LogP contribution in [0.1, 0.15) is 37.5 Å². The van der Waals surface area contributed by atoms with Crippen LogP contribution in [-0.2, 0) is 27.3 Å². The zero-order valence-corrected chi connectivity index (χ0v) is 20.3. The number of ether oxygens (including phenoxy) is 2. The highest BCUT2D eigenvalue weighted by molar-refractivity contribution is 5.99. The number of pyridine rings is 1. The minimum absolute atomic E-state index is 0.00509. The first kappa shape index (κ1) is 24.5. The Bertz CT molecular complexity index is 1490. The van der Waals surface area contributed by atoms with Crippen molar-refractivity contribution in [3.63, 3.8) is 0 Å². The van der Waals surface area contributed by atoms with Gasteiger partial charge in [0.15, 0.2) is 0 Å². The Labute approximate surface area is 208 Å². The molecule has 0 unspecified atom stereocenters. The average Bonchev–Trinajstić information content (AvgIpc) is 3.21. The van der Waals surface area contributed by atoms with Gasteiger partial charge in [0.2, 0.25) is 0 Å². The van der Waals surface area contributed by atoms with Crippen molar-refractivity contribution >= 4 is 28.8 Å². The van der Waals surface area contributed by atoms with Crippen LogP contribution in [0.15, 0.2) is 67.0 Å². The maximum Gasteiger partial charge on any atom is 0.420 e. The van der Waals surface area contributed by atoms with Gasteiger partial charge in [-0.3, -0.25) is 4.79 Å². The van der Waals surface area contributed by atoms with Crippen molar-refractivity contribution in [3.8, 4) is 17.2 Å². The van der Waals surface area contributed by atoms with Gasteiger partial charge in [0.05, 0.1) is 18.1 Å². The fourth-order valence-corrected chi connectivity index (χ4v) is 3.75. The SMILES string of the molecule is CC(C)(C)OC(=O)n1cc(-c2cccc(N)c2)c2cc(CC(=O)OCc3cccc(C#N)c3)cnc21. The molecule has 4 rings (SSSR count). The van der Waals surface area contributed by atoms with E-state index in [0.29, 0.717) is 27.8 Å². The third-order valence-electron chi connectivity index (χ3n) is 5.29. The second-order valence-electron chi connectivity index (χ2n) is 9.38. The fourth-order valence-electron chi connectivity index (χ4n) is 3.75. The molecule has 0 atom stereocenters. The van der Waals surface area contributed by atoms with Crippen molar-refractivity contribution in [2.45, 2.75) is 39.4 Å². The van der Waals surface area contributed by atoms with E-state index in [1.807, 2.05) is 24.3 Å². The van der Waals surface area contributed by atoms with Gasteiger partial charge in [0, 0.05) is 29.0 Å². The molecule has 8 nitrogen and oxygen atoms in total. The maximum atomic E-state index is 12.9. The number of benzene rings is 2. The first-order valence-corrected chi connectivity index (χ1v) is 11.4. The van der Waals surface area contributed by atoms with Crippen molar-refractivity contribution < 1.29 is 19.1 Å². The molecule has 0 saturated heterocycles. The van der Waals surface area contributed by atoms with Crippen molar-refractivity contribution in [1.29, 1.82) is 5.26 Å². The van der Waals surface area contributed by atoms with E-state index in [-0.39, 0.29) is 13.0 Å². The van der Waals surface area contributed by atoms with E-state index < -0.39 is 17.7 Å². The van der Waals surface area contributed by atoms with E-state index in [4.69, 9.17) is 20.5 Å². The third kappa shape index (κ3) is 5.70. The normalized spacial score (nSPS) is 11.2. The minimum atomic E-state index is -0.679. The highest BCUT2D eigenvalue weighted by Gasteiger charge is 2.22. The molecule has 0 fully saturated rings. The number of nitriles is 1. The number of nitrogens with zero attached hydrogens (tertiary/aromatic N) is 3. The van der Waals surface area contributed by atoms with Crippen molar-refractivity contribution in [1.82, 2.24) is 9.55 Å². The Morgan fingerprint density at radius 2 is 1.86 bits per heavy atom. The zero-order valence-electron chi connectivity index (χ0n) is 20.3. The lowest BCUT2D eigenvalue weighted by Crippen LogP contribution is -2.26. The fraction of sp³-hybridized carbons (Fsp3) is 0.214. The molecule has 2 aromatic carbocycles. The molecule has 0 radical (unpaired) electrons. The molecule has 0 amide bonds. The van der Waals surface area contributed by atoms with E-state index in [1.54, 1.807) is 63.5 Å². The van der Waals surface area contributed by atoms with Gasteiger partial charge < -0.3 is 15.2 Å². The molecule has 0 aliphatic rings. The summed E-state index contributed by atoms with van der Waals surface area (Å²) in [6.45, 7) is 5.45. The predicted molar refractivity (Wildman–Crippen MR) is 136 cm³/mol. The largest absolute Gasteiger partial charge is 0.461 e. The summed E-state index contributed by atoms with van der Waals surface area (Å²) in [5.41, 5.74) is 9.71. The molecule has 8 heteroatoms. The van der Waals surface area contributed by atoms with E-state index in [1.165, 1.54) is 4.57 Å². The van der Waals surface area contributed by atoms with Crippen LogP contribution in [-0.4, -0.2) is 27.2 Å². The van der Waals surface area contributed by atoms with Gasteiger partial charge in [-0.2, -0.15) is 5.26 Å². The number of anilines is 1. The Morgan fingerprint density at radius 1 is 1.08 bits per heavy atom. The number of rotatable bonds is 5. The topological polar surface area (TPSA) is 120 Å². The van der Waals surface area contributed by atoms with Crippen LogP contribution >= 0.6 is 0 Å². The molecular formula is C28H26N4O4. The highest BCUT2D eigenvalue weighted by atomic mass is 16.6. The molecular weight excluding hydrogens is 456 g/mol. The summed E-state index contributed by atoms with van der Waals surface area (Å²) in [6, 6.07) is 18.1. The Hall–Kier alpha value is -4.64. The Morgan fingerprint density at radius 3 is 2.58 bits per heavy atom. The van der Waals surface area contributed by atoms with Crippen LogP contribution in [0.3, 0.4) is 0 Å². The molecule has 0 aliphatic heterocycles. The molecule has 0 spiro atoms. The number of nitrogens with two attached hydrogens (primary N) is 1. The summed E-state index contributed by atoms with van der Waals surface area (Å²) in [6.07, 6.45) is 2.66. The molecule has 2 N–H and O–H groups in total. The van der Waals surface area contributed by atoms with Crippen molar-refractivity contribution in [2.75, 3.05) is 5.73 Å². The molecule has 4 aromatic rings. The molecule has 182 valence electrons. The molecule has 0 saturated carbocycles. The van der Waals surface area contributed by atoms with Crippen LogP contribution in [0.2, 0.25) is 0 Å². The van der Waals surface area contributed by atoms with Crippen LogP contribution < -0.4 is 5.73 Å². The van der Waals surface area contributed by atoms with Gasteiger partial charge in [0.1, 0.15) is 17.9 Å². The van der Waals surface area contributed by atoms with E-state index in [2.05, 4.69) is 11.1 Å². The van der Waals surface area contributed by atoms with Gasteiger partial charge >= 0.3 is 12.1 Å². The average molecular weight is 483 g/mol. The van der Waals surface area contributed by atoms with Crippen molar-refractivity contribution in [2.24, 2.45) is 0 Å². The Kier molecular flexibility index (Phi) is 6.75. The smallest absolute Gasteiger partial charge is 0.420 e. The number of hydrogen-bond donors (Lipinski definition) is 1. The molecule has 2 heterocycles. The standard InChI is InChI=1S/C28H26N4O4/c1-28(2,3)36-27(34)32-16-24(21-8-5-9-22(30)13-21)23-11-20(15-31-26(23)32)12-25(33)35-17-19-7-4-6-18(10-19)14-29/h4-11,13,15-16H,12,17,30H2,1-3H3. The minimum Gasteiger partial charge on any atom is -0.461 e. The number of fused-ring (bicyclic) bond motifs is 1. The molecule has 0 bridgehead atoms. The van der Waals surface area contributed by atoms with Crippen LogP contribution in [0.5, 0.6) is 0 Å². The second kappa shape index (κ2) is 9.92. The monoisotopic (exact) mass is 482 g/mol. The number of nitrogen functional groups attached to an aromatic ring is 1. The lowest BCUT2D eigenvalue weighted by molar-refractivity contribution is -0.144. The highest BCUT2D eigenvalue weighted by Crippen LogP contribution is 2.32. The van der Waals surface area contributed by atoms with Gasteiger partial charge in [-0.05, 0) is 67.8 Å². The summed E-state index contributed by atoms with van der Waals surface area (Å²) in [5, 5.41) is 9.71. The zero-order chi connectivity index (χ0) is 25.9. The van der Waals surface area contributed by atoms with Crippen LogP contribution in [0, 0.1) is 11.3 Å². The first-order chi connectivity index (χ1) is 17.1. The number of aromatic nitrogens is 2. The number of carbonyl (C=O) groups is 2. The summed E-state index contributed by atoms with van der Waals surface area (Å²) in [5.74, 6) is -0.435. The summed E-state index contributed by atoms with van der Waals surface area (Å²) in [4.78, 5) is 29.9. The number of carbonyl (C=O) groups excluding carboxylic acids is 2. The summed E-state index contributed by atoms with van der Waals surface area (Å²) in [7, 11) is 0. The third-order valence-corrected chi connectivity index (χ3v) is 5.29. The van der Waals surface area contributed by atoms with Gasteiger partial charge in [-0.25, -0.2) is 14.3 Å². The molecule has 36 heavy (non-hydrogen) atoms. The summed E-state index contributed by atoms with van der Waals surface area (Å²) >= 11 is 0. The molecule has 2 aromatic heterocycles. The predicted octanol–water partition coefficient (Wildman–Crippen LogP) is 5.23. The first-order valence-electron chi connectivity index (χ1n) is 11.4. The lowest BCUT2D eigenvalue weighted by atomic mass is 10.0. The summed E-state index contributed by atoms with van der Waals surface area (Å²) < 4.78 is 12.3. The second-order valence-corrected chi connectivity index (χ2v) is 9.38. The van der Waals surface area contributed by atoms with Crippen molar-refractivity contribution in [3.05, 3.63) is 83.7 Å². The van der Waals surface area contributed by atoms with Crippen LogP contribution in [0.25, 0.3) is 22.2 Å². The van der Waals surface area contributed by atoms with E-state index >= 15 is 0 Å². The lowest BCUT2D eigenvalue weighted by Gasteiger charge is -2.19. The quantitative estimate of drug-likeness (QED) is 0.305. The van der Waals surface area contributed by atoms with E-state index in [9.17, 15) is 9.59 Å². The maximum absolute atomic E-state index is 12.9. The van der Waals surface area contributed by atoms with Crippen LogP contribution in [0.4, 0.5) is 10.5 Å². The van der Waals surface area contributed by atoms with Gasteiger partial charge in [-0.15, -0.1) is 0 Å². The van der Waals surface area contributed by atoms with E-state index in [0.717, 1.165) is 16.7 Å². The Balaban J connectivity index is 1.63. The van der Waals surface area contributed by atoms with Gasteiger partial charge in [0.25, 0.3) is 0 Å². The number of esters is 1.